The van der Waals surface area contributed by atoms with Crippen molar-refractivity contribution >= 4 is 17.5 Å². The summed E-state index contributed by atoms with van der Waals surface area (Å²) in [5, 5.41) is 14.0. The van der Waals surface area contributed by atoms with Crippen LogP contribution in [0.1, 0.15) is 36.0 Å². The second kappa shape index (κ2) is 6.69. The average molecular weight is 291 g/mol. The number of amides is 2. The topological polar surface area (TPSA) is 104 Å². The molecule has 0 radical (unpaired) electrons. The fourth-order valence-electron chi connectivity index (χ4n) is 2.31. The number of hydrogen-bond donors (Lipinski definition) is 4. The number of nitrogens with one attached hydrogen (secondary N) is 2. The first kappa shape index (κ1) is 15.5. The Bertz CT molecular complexity index is 509. The minimum absolute atomic E-state index is 0.0965. The van der Waals surface area contributed by atoms with Gasteiger partial charge in [0, 0.05) is 29.8 Å². The third kappa shape index (κ3) is 4.27. The molecular weight excluding hydrogens is 270 g/mol. The lowest BCUT2D eigenvalue weighted by Crippen LogP contribution is -2.48. The van der Waals surface area contributed by atoms with Crippen LogP contribution in [-0.2, 0) is 4.79 Å². The van der Waals surface area contributed by atoms with Crippen molar-refractivity contribution in [3.05, 3.63) is 29.8 Å². The summed E-state index contributed by atoms with van der Waals surface area (Å²) in [7, 11) is 0. The van der Waals surface area contributed by atoms with Crippen LogP contribution in [-0.4, -0.2) is 35.6 Å². The molecule has 0 saturated heterocycles. The maximum Gasteiger partial charge on any atom is 0.251 e. The molecule has 114 valence electrons. The van der Waals surface area contributed by atoms with E-state index in [1.807, 2.05) is 0 Å². The fraction of sp³-hybridized carbons (Fsp3) is 0.467. The fourth-order valence-corrected chi connectivity index (χ4v) is 2.31. The third-order valence-corrected chi connectivity index (χ3v) is 3.69. The lowest BCUT2D eigenvalue weighted by molar-refractivity contribution is -0.118. The number of aliphatic hydroxyl groups excluding tert-OH is 1. The Morgan fingerprint density at radius 3 is 2.43 bits per heavy atom. The molecule has 0 unspecified atom stereocenters. The molecule has 0 heterocycles. The van der Waals surface area contributed by atoms with Crippen molar-refractivity contribution in [3.63, 3.8) is 0 Å². The monoisotopic (exact) mass is 291 g/mol. The molecule has 6 nitrogen and oxygen atoms in total. The Kier molecular flexibility index (Phi) is 4.93. The highest BCUT2D eigenvalue weighted by Crippen LogP contribution is 2.32. The first-order valence-electron chi connectivity index (χ1n) is 7.10. The van der Waals surface area contributed by atoms with E-state index in [1.54, 1.807) is 24.3 Å². The Morgan fingerprint density at radius 1 is 1.24 bits per heavy atom. The van der Waals surface area contributed by atoms with Gasteiger partial charge in [0.25, 0.3) is 5.91 Å². The van der Waals surface area contributed by atoms with Gasteiger partial charge in [0.2, 0.25) is 5.91 Å². The van der Waals surface area contributed by atoms with Gasteiger partial charge in [-0.2, -0.15) is 0 Å². The molecule has 0 spiro atoms. The van der Waals surface area contributed by atoms with Crippen LogP contribution in [0.25, 0.3) is 0 Å². The molecule has 2 rings (SSSR count). The molecule has 0 aliphatic heterocycles. The van der Waals surface area contributed by atoms with Crippen molar-refractivity contribution in [1.82, 2.24) is 5.32 Å². The third-order valence-electron chi connectivity index (χ3n) is 3.69. The normalized spacial score (nSPS) is 15.9. The highest BCUT2D eigenvalue weighted by Gasteiger charge is 2.34. The highest BCUT2D eigenvalue weighted by molar-refractivity contribution is 5.96. The van der Waals surface area contributed by atoms with E-state index in [-0.39, 0.29) is 30.5 Å². The van der Waals surface area contributed by atoms with E-state index in [2.05, 4.69) is 10.6 Å². The standard InChI is InChI=1S/C15H21N3O3/c16-15(6-1-7-15)10-13(20)18-12-4-2-11(3-5-12)14(21)17-8-9-19/h2-5,19H,1,6-10,16H2,(H,17,21)(H,18,20). The van der Waals surface area contributed by atoms with Gasteiger partial charge < -0.3 is 21.5 Å². The predicted molar refractivity (Wildman–Crippen MR) is 79.9 cm³/mol. The first-order chi connectivity index (χ1) is 10.0. The maximum absolute atomic E-state index is 11.9. The molecule has 2 amide bonds. The number of carbonyl (C=O) groups excluding carboxylic acids is 2. The van der Waals surface area contributed by atoms with Crippen LogP contribution in [0.4, 0.5) is 5.69 Å². The molecule has 0 atom stereocenters. The second-order valence-electron chi connectivity index (χ2n) is 5.50. The van der Waals surface area contributed by atoms with E-state index >= 15 is 0 Å². The number of hydrogen-bond acceptors (Lipinski definition) is 4. The molecule has 1 aromatic rings. The van der Waals surface area contributed by atoms with E-state index in [0.29, 0.717) is 17.7 Å². The molecule has 21 heavy (non-hydrogen) atoms. The van der Waals surface area contributed by atoms with Gasteiger partial charge in [-0.25, -0.2) is 0 Å². The number of aliphatic hydroxyl groups is 1. The van der Waals surface area contributed by atoms with Crippen molar-refractivity contribution in [1.29, 1.82) is 0 Å². The van der Waals surface area contributed by atoms with Crippen LogP contribution < -0.4 is 16.4 Å². The Morgan fingerprint density at radius 2 is 1.90 bits per heavy atom. The van der Waals surface area contributed by atoms with Crippen LogP contribution in [0.3, 0.4) is 0 Å². The van der Waals surface area contributed by atoms with Gasteiger partial charge in [0.1, 0.15) is 0 Å². The van der Waals surface area contributed by atoms with Gasteiger partial charge >= 0.3 is 0 Å². The highest BCUT2D eigenvalue weighted by atomic mass is 16.3. The number of anilines is 1. The van der Waals surface area contributed by atoms with Crippen LogP contribution in [0.2, 0.25) is 0 Å². The molecule has 1 aromatic carbocycles. The molecule has 1 saturated carbocycles. The van der Waals surface area contributed by atoms with Gasteiger partial charge in [0.15, 0.2) is 0 Å². The van der Waals surface area contributed by atoms with Crippen molar-refractivity contribution in [3.8, 4) is 0 Å². The van der Waals surface area contributed by atoms with Gasteiger partial charge in [-0.1, -0.05) is 0 Å². The Labute approximate surface area is 123 Å². The number of rotatable bonds is 6. The van der Waals surface area contributed by atoms with E-state index in [1.165, 1.54) is 0 Å². The van der Waals surface area contributed by atoms with E-state index in [4.69, 9.17) is 10.8 Å². The van der Waals surface area contributed by atoms with Crippen LogP contribution in [0.5, 0.6) is 0 Å². The SMILES string of the molecule is NC1(CC(=O)Nc2ccc(C(=O)NCCO)cc2)CCC1. The quantitative estimate of drug-likeness (QED) is 0.616. The second-order valence-corrected chi connectivity index (χ2v) is 5.50. The van der Waals surface area contributed by atoms with Crippen molar-refractivity contribution in [2.45, 2.75) is 31.2 Å². The largest absolute Gasteiger partial charge is 0.395 e. The lowest BCUT2D eigenvalue weighted by atomic mass is 9.75. The minimum atomic E-state index is -0.339. The zero-order valence-corrected chi connectivity index (χ0v) is 11.9. The molecule has 5 N–H and O–H groups in total. The molecule has 1 aliphatic rings. The summed E-state index contributed by atoms with van der Waals surface area (Å²) >= 11 is 0. The summed E-state index contributed by atoms with van der Waals surface area (Å²) in [6, 6.07) is 6.61. The van der Waals surface area contributed by atoms with Gasteiger partial charge in [0.05, 0.1) is 6.61 Å². The number of nitrogens with two attached hydrogens (primary N) is 1. The summed E-state index contributed by atoms with van der Waals surface area (Å²) in [5.74, 6) is -0.355. The Balaban J connectivity index is 1.87. The molecule has 0 aromatic heterocycles. The van der Waals surface area contributed by atoms with E-state index in [0.717, 1.165) is 19.3 Å². The summed E-state index contributed by atoms with van der Waals surface area (Å²) in [6.07, 6.45) is 3.20. The minimum Gasteiger partial charge on any atom is -0.395 e. The van der Waals surface area contributed by atoms with E-state index < -0.39 is 0 Å². The van der Waals surface area contributed by atoms with Crippen LogP contribution in [0, 0.1) is 0 Å². The van der Waals surface area contributed by atoms with Gasteiger partial charge in [-0.3, -0.25) is 9.59 Å². The molecule has 1 aliphatic carbocycles. The zero-order valence-electron chi connectivity index (χ0n) is 11.9. The maximum atomic E-state index is 11.9. The molecular formula is C15H21N3O3. The van der Waals surface area contributed by atoms with Crippen LogP contribution >= 0.6 is 0 Å². The summed E-state index contributed by atoms with van der Waals surface area (Å²) < 4.78 is 0. The zero-order chi connectivity index (χ0) is 15.3. The van der Waals surface area contributed by atoms with Gasteiger partial charge in [-0.15, -0.1) is 0 Å². The van der Waals surface area contributed by atoms with Gasteiger partial charge in [-0.05, 0) is 43.5 Å². The number of carbonyl (C=O) groups is 2. The lowest BCUT2D eigenvalue weighted by Gasteiger charge is -2.37. The summed E-state index contributed by atoms with van der Waals surface area (Å²) in [4.78, 5) is 23.5. The van der Waals surface area contributed by atoms with Crippen LogP contribution in [0.15, 0.2) is 24.3 Å². The number of benzene rings is 1. The average Bonchev–Trinajstić information content (AvgIpc) is 2.43. The summed E-state index contributed by atoms with van der Waals surface area (Å²) in [5.41, 5.74) is 6.82. The molecule has 0 bridgehead atoms. The van der Waals surface area contributed by atoms with E-state index in [9.17, 15) is 9.59 Å². The predicted octanol–water partition coefficient (Wildman–Crippen LogP) is 0.619. The van der Waals surface area contributed by atoms with Crippen molar-refractivity contribution in [2.24, 2.45) is 5.73 Å². The summed E-state index contributed by atoms with van der Waals surface area (Å²) in [6.45, 7) is 0.122. The van der Waals surface area contributed by atoms with Crippen molar-refractivity contribution in [2.75, 3.05) is 18.5 Å². The Hall–Kier alpha value is -1.92. The first-order valence-corrected chi connectivity index (χ1v) is 7.10. The molecule has 6 heteroatoms. The van der Waals surface area contributed by atoms with Crippen molar-refractivity contribution < 1.29 is 14.7 Å². The smallest absolute Gasteiger partial charge is 0.251 e. The molecule has 1 fully saturated rings.